The van der Waals surface area contributed by atoms with E-state index in [2.05, 4.69) is 10.3 Å². The van der Waals surface area contributed by atoms with E-state index in [-0.39, 0.29) is 18.0 Å². The highest BCUT2D eigenvalue weighted by molar-refractivity contribution is 7.89. The van der Waals surface area contributed by atoms with Crippen molar-refractivity contribution in [3.05, 3.63) is 48.8 Å². The predicted octanol–water partition coefficient (Wildman–Crippen LogP) is 3.37. The van der Waals surface area contributed by atoms with Gasteiger partial charge in [-0.3, -0.25) is 4.40 Å². The predicted molar refractivity (Wildman–Crippen MR) is 120 cm³/mol. The average molecular weight is 459 g/mol. The largest absolute Gasteiger partial charge is 0.443 e. The minimum atomic E-state index is -4.18. The Hall–Kier alpha value is -3.11. The van der Waals surface area contributed by atoms with Crippen LogP contribution in [0.3, 0.4) is 0 Å². The van der Waals surface area contributed by atoms with Crippen molar-refractivity contribution in [2.45, 2.75) is 31.3 Å². The van der Waals surface area contributed by atoms with Gasteiger partial charge in [0.1, 0.15) is 11.2 Å². The normalized spacial score (nSPS) is 16.8. The van der Waals surface area contributed by atoms with Crippen LogP contribution in [-0.2, 0) is 19.5 Å². The van der Waals surface area contributed by atoms with Crippen molar-refractivity contribution in [3.8, 4) is 11.3 Å². The van der Waals surface area contributed by atoms with Gasteiger partial charge in [-0.05, 0) is 45.0 Å². The first-order valence-electron chi connectivity index (χ1n) is 10.3. The number of ether oxygens (including phenoxy) is 2. The zero-order chi connectivity index (χ0) is 22.9. The quantitative estimate of drug-likeness (QED) is 0.551. The molecule has 3 aromatic rings. The average Bonchev–Trinajstić information content (AvgIpc) is 3.14. The van der Waals surface area contributed by atoms with Gasteiger partial charge in [-0.1, -0.05) is 12.1 Å². The smallest absolute Gasteiger partial charge is 0.424 e. The molecule has 10 heteroatoms. The summed E-state index contributed by atoms with van der Waals surface area (Å²) in [6, 6.07) is 10.3. The van der Waals surface area contributed by atoms with Gasteiger partial charge in [-0.2, -0.15) is 4.31 Å². The van der Waals surface area contributed by atoms with Crippen molar-refractivity contribution in [2.75, 3.05) is 31.6 Å². The number of anilines is 1. The zero-order valence-corrected chi connectivity index (χ0v) is 19.1. The lowest BCUT2D eigenvalue weighted by Gasteiger charge is -2.27. The number of carbonyl (C=O) groups is 1. The number of hydrogen-bond donors (Lipinski definition) is 1. The minimum absolute atomic E-state index is 0.0139. The number of imidazole rings is 1. The highest BCUT2D eigenvalue weighted by Crippen LogP contribution is 2.27. The summed E-state index contributed by atoms with van der Waals surface area (Å²) in [7, 11) is -4.18. The number of aromatic nitrogens is 2. The number of pyridine rings is 1. The van der Waals surface area contributed by atoms with Crippen LogP contribution < -0.4 is 5.32 Å². The molecule has 0 fully saturated rings. The van der Waals surface area contributed by atoms with Gasteiger partial charge >= 0.3 is 6.09 Å². The van der Waals surface area contributed by atoms with Crippen molar-refractivity contribution >= 4 is 27.5 Å². The number of fused-ring (bicyclic) bond motifs is 4. The van der Waals surface area contributed by atoms with Gasteiger partial charge in [0.15, 0.2) is 0 Å². The van der Waals surface area contributed by atoms with Crippen LogP contribution in [0.25, 0.3) is 16.9 Å². The van der Waals surface area contributed by atoms with E-state index in [0.717, 1.165) is 21.3 Å². The van der Waals surface area contributed by atoms with E-state index < -0.39 is 21.7 Å². The maximum absolute atomic E-state index is 13.5. The first-order valence-corrected chi connectivity index (χ1v) is 11.7. The number of carbonyl (C=O) groups excluding carboxylic acids is 1. The summed E-state index contributed by atoms with van der Waals surface area (Å²) < 4.78 is 40.5. The molecule has 4 rings (SSSR count). The maximum atomic E-state index is 13.5. The fourth-order valence-corrected chi connectivity index (χ4v) is 4.71. The van der Waals surface area contributed by atoms with Crippen LogP contribution in [-0.4, -0.2) is 60.1 Å². The van der Waals surface area contributed by atoms with E-state index in [1.165, 1.54) is 12.1 Å². The number of hydrogen-bond acceptors (Lipinski definition) is 7. The third-order valence-corrected chi connectivity index (χ3v) is 6.60. The summed E-state index contributed by atoms with van der Waals surface area (Å²) >= 11 is 0. The van der Waals surface area contributed by atoms with Crippen LogP contribution in [0.2, 0.25) is 0 Å². The molecule has 1 amide bonds. The number of amides is 1. The van der Waals surface area contributed by atoms with Gasteiger partial charge in [0.2, 0.25) is 0 Å². The summed E-state index contributed by atoms with van der Waals surface area (Å²) in [5, 5.41) is 3.28. The zero-order valence-electron chi connectivity index (χ0n) is 18.2. The minimum Gasteiger partial charge on any atom is -0.443 e. The SMILES string of the molecule is CC(C)(C)OC(=O)N1CCOCCNc2ccc3ncc(n3c2)-c2cccc(c2)S1(=O)=O. The second-order valence-corrected chi connectivity index (χ2v) is 10.3. The molecule has 1 aromatic carbocycles. The number of benzene rings is 1. The summed E-state index contributed by atoms with van der Waals surface area (Å²) in [5.74, 6) is 0. The van der Waals surface area contributed by atoms with Crippen LogP contribution in [0, 0.1) is 0 Å². The first kappa shape index (κ1) is 22.1. The Morgan fingerprint density at radius 1 is 1.19 bits per heavy atom. The molecular formula is C22H26N4O5S. The highest BCUT2D eigenvalue weighted by atomic mass is 32.2. The third-order valence-electron chi connectivity index (χ3n) is 4.83. The molecule has 1 aliphatic heterocycles. The van der Waals surface area contributed by atoms with E-state index in [1.54, 1.807) is 33.0 Å². The number of nitrogens with zero attached hydrogens (tertiary/aromatic N) is 3. The summed E-state index contributed by atoms with van der Waals surface area (Å²) in [6.45, 7) is 5.80. The Labute approximate surface area is 187 Å². The topological polar surface area (TPSA) is 102 Å². The molecular weight excluding hydrogens is 432 g/mol. The van der Waals surface area contributed by atoms with Gasteiger partial charge in [-0.25, -0.2) is 18.2 Å². The molecule has 0 atom stereocenters. The molecule has 0 radical (unpaired) electrons. The Morgan fingerprint density at radius 3 is 2.78 bits per heavy atom. The summed E-state index contributed by atoms with van der Waals surface area (Å²) in [4.78, 5) is 17.2. The monoisotopic (exact) mass is 458 g/mol. The Bertz CT molecular complexity index is 1250. The van der Waals surface area contributed by atoms with Crippen molar-refractivity contribution in [3.63, 3.8) is 0 Å². The van der Waals surface area contributed by atoms with Crippen LogP contribution in [0.15, 0.2) is 53.7 Å². The molecule has 0 saturated carbocycles. The van der Waals surface area contributed by atoms with Gasteiger partial charge in [0, 0.05) is 18.3 Å². The van der Waals surface area contributed by atoms with E-state index >= 15 is 0 Å². The molecule has 3 heterocycles. The molecule has 2 aromatic heterocycles. The molecule has 32 heavy (non-hydrogen) atoms. The number of sulfonamides is 1. The molecule has 0 spiro atoms. The molecule has 9 nitrogen and oxygen atoms in total. The number of nitrogens with one attached hydrogen (secondary N) is 1. The van der Waals surface area contributed by atoms with Crippen LogP contribution in [0.5, 0.6) is 0 Å². The van der Waals surface area contributed by atoms with Gasteiger partial charge in [-0.15, -0.1) is 0 Å². The Kier molecular flexibility index (Phi) is 5.83. The fourth-order valence-electron chi connectivity index (χ4n) is 3.38. The van der Waals surface area contributed by atoms with E-state index in [4.69, 9.17) is 9.47 Å². The van der Waals surface area contributed by atoms with Crippen molar-refractivity contribution in [2.24, 2.45) is 0 Å². The van der Waals surface area contributed by atoms with Crippen LogP contribution in [0.4, 0.5) is 10.5 Å². The molecule has 0 aliphatic carbocycles. The van der Waals surface area contributed by atoms with Gasteiger partial charge in [0.05, 0.1) is 42.2 Å². The van der Waals surface area contributed by atoms with E-state index in [9.17, 15) is 13.2 Å². The van der Waals surface area contributed by atoms with Crippen molar-refractivity contribution in [1.29, 1.82) is 0 Å². The second-order valence-electron chi connectivity index (χ2n) is 8.41. The standard InChI is InChI=1S/C22H26N4O5S/c1-22(2,3)31-21(27)26-10-12-30-11-9-23-17-7-8-20-24-14-19(25(20)15-17)16-5-4-6-18(13-16)32(26,28)29/h4-8,13-15,23H,9-12H2,1-3H3. The lowest BCUT2D eigenvalue weighted by Crippen LogP contribution is -2.42. The third kappa shape index (κ3) is 4.56. The second kappa shape index (κ2) is 8.44. The molecule has 1 N–H and O–H groups in total. The van der Waals surface area contributed by atoms with Crippen LogP contribution in [0.1, 0.15) is 20.8 Å². The summed E-state index contributed by atoms with van der Waals surface area (Å²) in [6.07, 6.45) is 2.66. The Balaban J connectivity index is 1.82. The molecule has 0 unspecified atom stereocenters. The molecule has 0 saturated heterocycles. The number of rotatable bonds is 0. The Morgan fingerprint density at radius 2 is 2.00 bits per heavy atom. The van der Waals surface area contributed by atoms with Crippen LogP contribution >= 0.6 is 0 Å². The van der Waals surface area contributed by atoms with Gasteiger partial charge < -0.3 is 14.8 Å². The van der Waals surface area contributed by atoms with E-state index in [0.29, 0.717) is 18.7 Å². The first-order chi connectivity index (χ1) is 15.1. The summed E-state index contributed by atoms with van der Waals surface area (Å²) in [5.41, 5.74) is 2.16. The molecule has 4 bridgehead atoms. The van der Waals surface area contributed by atoms with Crippen molar-refractivity contribution < 1.29 is 22.7 Å². The highest BCUT2D eigenvalue weighted by Gasteiger charge is 2.33. The fraction of sp³-hybridized carbons (Fsp3) is 0.364. The molecule has 170 valence electrons. The molecule has 1 aliphatic rings. The van der Waals surface area contributed by atoms with E-state index in [1.807, 2.05) is 28.8 Å². The van der Waals surface area contributed by atoms with Crippen molar-refractivity contribution in [1.82, 2.24) is 13.7 Å². The lowest BCUT2D eigenvalue weighted by atomic mass is 10.2. The maximum Gasteiger partial charge on any atom is 0.424 e. The lowest BCUT2D eigenvalue weighted by molar-refractivity contribution is 0.0343. The van der Waals surface area contributed by atoms with Gasteiger partial charge in [0.25, 0.3) is 10.0 Å².